The summed E-state index contributed by atoms with van der Waals surface area (Å²) in [7, 11) is -3.57. The third-order valence-electron chi connectivity index (χ3n) is 5.11. The molecule has 2 aromatic heterocycles. The van der Waals surface area contributed by atoms with E-state index in [0.29, 0.717) is 54.8 Å². The van der Waals surface area contributed by atoms with E-state index in [0.717, 1.165) is 0 Å². The molecule has 1 aliphatic heterocycles. The topological polar surface area (TPSA) is 102 Å². The second-order valence-corrected chi connectivity index (χ2v) is 9.11. The van der Waals surface area contributed by atoms with Gasteiger partial charge in [0, 0.05) is 30.4 Å². The molecular formula is C21H19FN6O3S. The highest BCUT2D eigenvalue weighted by atomic mass is 32.2. The fourth-order valence-electron chi connectivity index (χ4n) is 3.52. The maximum absolute atomic E-state index is 13.8. The summed E-state index contributed by atoms with van der Waals surface area (Å²) in [5.74, 6) is 0.452. The van der Waals surface area contributed by atoms with Crippen molar-refractivity contribution >= 4 is 27.3 Å². The van der Waals surface area contributed by atoms with Crippen LogP contribution in [0.1, 0.15) is 0 Å². The number of rotatable bonds is 5. The first-order chi connectivity index (χ1) is 15.5. The Balaban J connectivity index is 1.44. The van der Waals surface area contributed by atoms with Crippen molar-refractivity contribution in [1.29, 1.82) is 0 Å². The number of nitrogens with one attached hydrogen (secondary N) is 1. The van der Waals surface area contributed by atoms with E-state index in [4.69, 9.17) is 4.74 Å². The van der Waals surface area contributed by atoms with E-state index in [1.807, 2.05) is 0 Å². The molecular weight excluding hydrogens is 435 g/mol. The number of benzene rings is 2. The summed E-state index contributed by atoms with van der Waals surface area (Å²) in [5.41, 5.74) is 1.88. The molecule has 0 spiro atoms. The van der Waals surface area contributed by atoms with Crippen LogP contribution in [0.15, 0.2) is 65.8 Å². The van der Waals surface area contributed by atoms with Crippen LogP contribution in [0, 0.1) is 5.82 Å². The second kappa shape index (κ2) is 8.26. The van der Waals surface area contributed by atoms with Crippen molar-refractivity contribution in [3.8, 4) is 11.3 Å². The smallest absolute Gasteiger partial charge is 0.254 e. The maximum atomic E-state index is 13.8. The number of hydrogen-bond acceptors (Lipinski definition) is 7. The second-order valence-electron chi connectivity index (χ2n) is 7.17. The molecule has 0 aliphatic carbocycles. The largest absolute Gasteiger partial charge is 0.379 e. The van der Waals surface area contributed by atoms with E-state index in [1.54, 1.807) is 42.5 Å². The minimum absolute atomic E-state index is 0.214. The molecule has 0 saturated carbocycles. The van der Waals surface area contributed by atoms with Crippen molar-refractivity contribution in [2.45, 2.75) is 4.90 Å². The molecule has 0 radical (unpaired) electrons. The van der Waals surface area contributed by atoms with Crippen LogP contribution in [0.5, 0.6) is 0 Å². The number of sulfonamides is 1. The van der Waals surface area contributed by atoms with Crippen LogP contribution in [0.3, 0.4) is 0 Å². The summed E-state index contributed by atoms with van der Waals surface area (Å²) in [6, 6.07) is 14.3. The Labute approximate surface area is 183 Å². The van der Waals surface area contributed by atoms with Gasteiger partial charge in [-0.05, 0) is 36.4 Å². The van der Waals surface area contributed by atoms with Gasteiger partial charge in [-0.2, -0.15) is 23.9 Å². The lowest BCUT2D eigenvalue weighted by Gasteiger charge is -2.26. The zero-order chi connectivity index (χ0) is 22.1. The monoisotopic (exact) mass is 454 g/mol. The first-order valence-electron chi connectivity index (χ1n) is 9.92. The first-order valence-corrected chi connectivity index (χ1v) is 11.4. The fourth-order valence-corrected chi connectivity index (χ4v) is 4.93. The molecule has 9 nitrogen and oxygen atoms in total. The van der Waals surface area contributed by atoms with Gasteiger partial charge in [0.2, 0.25) is 10.0 Å². The number of hydrogen-bond donors (Lipinski definition) is 1. The Morgan fingerprint density at radius 3 is 2.56 bits per heavy atom. The molecule has 32 heavy (non-hydrogen) atoms. The highest BCUT2D eigenvalue weighted by Crippen LogP contribution is 2.26. The number of morpholine rings is 1. The Kier molecular flexibility index (Phi) is 5.29. The zero-order valence-electron chi connectivity index (χ0n) is 16.8. The Morgan fingerprint density at radius 2 is 1.81 bits per heavy atom. The molecule has 4 aromatic rings. The quantitative estimate of drug-likeness (QED) is 0.495. The molecule has 1 N–H and O–H groups in total. The Bertz CT molecular complexity index is 1370. The number of nitrogens with zero attached hydrogens (tertiary/aromatic N) is 5. The van der Waals surface area contributed by atoms with Crippen molar-refractivity contribution in [3.05, 3.63) is 66.7 Å². The van der Waals surface area contributed by atoms with Gasteiger partial charge in [-0.15, -0.1) is 0 Å². The van der Waals surface area contributed by atoms with Gasteiger partial charge in [0.05, 0.1) is 23.8 Å². The maximum Gasteiger partial charge on any atom is 0.254 e. The van der Waals surface area contributed by atoms with Gasteiger partial charge in [-0.1, -0.05) is 12.1 Å². The molecule has 5 rings (SSSR count). The van der Waals surface area contributed by atoms with E-state index >= 15 is 0 Å². The third kappa shape index (κ3) is 3.93. The summed E-state index contributed by atoms with van der Waals surface area (Å²) in [6.07, 6.45) is 1.38. The normalized spacial score (nSPS) is 15.2. The van der Waals surface area contributed by atoms with Crippen LogP contribution in [-0.2, 0) is 14.8 Å². The number of ether oxygens (including phenoxy) is 1. The lowest BCUT2D eigenvalue weighted by atomic mass is 10.1. The molecule has 2 aromatic carbocycles. The standard InChI is InChI=1S/C21H19FN6O3S/c22-16-3-1-2-15(12-16)19-13-20(26-21-23-14-24-28(19)21)25-17-4-6-18(7-5-17)32(29,30)27-8-10-31-11-9-27/h1-7,12-14H,8-11H2,(H,23,24,25,26). The van der Waals surface area contributed by atoms with E-state index in [2.05, 4.69) is 20.4 Å². The molecule has 1 aliphatic rings. The number of fused-ring (bicyclic) bond motifs is 1. The van der Waals surface area contributed by atoms with Crippen LogP contribution in [0.25, 0.3) is 17.0 Å². The zero-order valence-corrected chi connectivity index (χ0v) is 17.7. The summed E-state index contributed by atoms with van der Waals surface area (Å²) in [6.45, 7) is 1.47. The van der Waals surface area contributed by atoms with Crippen LogP contribution >= 0.6 is 0 Å². The molecule has 0 amide bonds. The minimum atomic E-state index is -3.57. The van der Waals surface area contributed by atoms with Gasteiger partial charge in [-0.25, -0.2) is 12.8 Å². The molecule has 3 heterocycles. The van der Waals surface area contributed by atoms with Crippen molar-refractivity contribution in [2.75, 3.05) is 31.6 Å². The molecule has 1 saturated heterocycles. The summed E-state index contributed by atoms with van der Waals surface area (Å²) in [4.78, 5) is 8.78. The highest BCUT2D eigenvalue weighted by Gasteiger charge is 2.26. The lowest BCUT2D eigenvalue weighted by molar-refractivity contribution is 0.0730. The van der Waals surface area contributed by atoms with Gasteiger partial charge < -0.3 is 10.1 Å². The Hall–Kier alpha value is -3.41. The summed E-state index contributed by atoms with van der Waals surface area (Å²) in [5, 5.41) is 7.32. The SMILES string of the molecule is O=S(=O)(c1ccc(Nc2cc(-c3cccc(F)c3)n3ncnc3n2)cc1)N1CCOCC1. The average Bonchev–Trinajstić information content (AvgIpc) is 3.28. The van der Waals surface area contributed by atoms with E-state index < -0.39 is 10.0 Å². The van der Waals surface area contributed by atoms with Crippen molar-refractivity contribution in [1.82, 2.24) is 23.9 Å². The molecule has 0 bridgehead atoms. The molecule has 11 heteroatoms. The summed E-state index contributed by atoms with van der Waals surface area (Å²) >= 11 is 0. The van der Waals surface area contributed by atoms with Crippen LogP contribution in [-0.4, -0.2) is 58.6 Å². The molecule has 164 valence electrons. The molecule has 0 unspecified atom stereocenters. The van der Waals surface area contributed by atoms with Gasteiger partial charge in [0.1, 0.15) is 18.0 Å². The van der Waals surface area contributed by atoms with Crippen molar-refractivity contribution < 1.29 is 17.5 Å². The van der Waals surface area contributed by atoms with Gasteiger partial charge >= 0.3 is 0 Å². The van der Waals surface area contributed by atoms with Gasteiger partial charge in [0.25, 0.3) is 5.78 Å². The van der Waals surface area contributed by atoms with Crippen molar-refractivity contribution in [2.24, 2.45) is 0 Å². The van der Waals surface area contributed by atoms with Crippen LogP contribution in [0.4, 0.5) is 15.9 Å². The lowest BCUT2D eigenvalue weighted by Crippen LogP contribution is -2.40. The van der Waals surface area contributed by atoms with E-state index in [9.17, 15) is 12.8 Å². The van der Waals surface area contributed by atoms with Crippen molar-refractivity contribution in [3.63, 3.8) is 0 Å². The average molecular weight is 454 g/mol. The van der Waals surface area contributed by atoms with Gasteiger partial charge in [0.15, 0.2) is 0 Å². The Morgan fingerprint density at radius 1 is 1.03 bits per heavy atom. The van der Waals surface area contributed by atoms with Gasteiger partial charge in [-0.3, -0.25) is 0 Å². The minimum Gasteiger partial charge on any atom is -0.379 e. The van der Waals surface area contributed by atoms with E-state index in [1.165, 1.54) is 27.3 Å². The molecule has 0 atom stereocenters. The number of halogens is 1. The predicted octanol–water partition coefficient (Wildman–Crippen LogP) is 2.69. The summed E-state index contributed by atoms with van der Waals surface area (Å²) < 4.78 is 47.5. The first kappa shape index (κ1) is 20.5. The fraction of sp³-hybridized carbons (Fsp3) is 0.190. The highest BCUT2D eigenvalue weighted by molar-refractivity contribution is 7.89. The number of aromatic nitrogens is 4. The van der Waals surface area contributed by atoms with E-state index in [-0.39, 0.29) is 10.7 Å². The van der Waals surface area contributed by atoms with Crippen LogP contribution in [0.2, 0.25) is 0 Å². The third-order valence-corrected chi connectivity index (χ3v) is 7.02. The molecule has 1 fully saturated rings. The predicted molar refractivity (Wildman–Crippen MR) is 115 cm³/mol. The number of anilines is 2. The van der Waals surface area contributed by atoms with Crippen LogP contribution < -0.4 is 5.32 Å².